The summed E-state index contributed by atoms with van der Waals surface area (Å²) in [5, 5.41) is 6.78. The van der Waals surface area contributed by atoms with Crippen molar-refractivity contribution in [3.8, 4) is 0 Å². The molecule has 8 heteroatoms. The lowest BCUT2D eigenvalue weighted by Crippen LogP contribution is -2.15. The van der Waals surface area contributed by atoms with E-state index < -0.39 is 10.0 Å². The Kier molecular flexibility index (Phi) is 4.17. The number of aromatic nitrogens is 2. The summed E-state index contributed by atoms with van der Waals surface area (Å²) in [4.78, 5) is 4.21. The molecule has 0 amide bonds. The maximum absolute atomic E-state index is 12.3. The standard InChI is InChI=1S/C13H18N4O3S/c1-8(2)15-12-6-5-11(7-14-12)17-21(18,19)13-9(3)16-20-10(13)4/h5-8,17H,1-4H3,(H,14,15). The van der Waals surface area contributed by atoms with Crippen molar-refractivity contribution < 1.29 is 12.9 Å². The normalized spacial score (nSPS) is 11.7. The van der Waals surface area contributed by atoms with Gasteiger partial charge in [-0.1, -0.05) is 5.16 Å². The van der Waals surface area contributed by atoms with Gasteiger partial charge in [0.05, 0.1) is 11.9 Å². The van der Waals surface area contributed by atoms with Gasteiger partial charge in [0.2, 0.25) is 0 Å². The second kappa shape index (κ2) is 5.72. The average Bonchev–Trinajstić information content (AvgIpc) is 2.71. The Hall–Kier alpha value is -2.09. The van der Waals surface area contributed by atoms with Crippen molar-refractivity contribution in [2.75, 3.05) is 10.0 Å². The highest BCUT2D eigenvalue weighted by Crippen LogP contribution is 2.22. The smallest absolute Gasteiger partial charge is 0.267 e. The summed E-state index contributed by atoms with van der Waals surface area (Å²) in [6, 6.07) is 3.61. The molecule has 2 heterocycles. The van der Waals surface area contributed by atoms with Gasteiger partial charge in [-0.05, 0) is 39.8 Å². The van der Waals surface area contributed by atoms with E-state index in [4.69, 9.17) is 4.52 Å². The predicted octanol–water partition coefficient (Wildman–Crippen LogP) is 2.31. The van der Waals surface area contributed by atoms with Gasteiger partial charge in [-0.25, -0.2) is 13.4 Å². The molecule has 0 saturated heterocycles. The third-order valence-electron chi connectivity index (χ3n) is 2.69. The minimum Gasteiger partial charge on any atom is -0.368 e. The molecule has 7 nitrogen and oxygen atoms in total. The lowest BCUT2D eigenvalue weighted by atomic mass is 10.3. The Morgan fingerprint density at radius 2 is 1.95 bits per heavy atom. The van der Waals surface area contributed by atoms with Crippen LogP contribution >= 0.6 is 0 Å². The van der Waals surface area contributed by atoms with E-state index in [-0.39, 0.29) is 16.7 Å². The maximum Gasteiger partial charge on any atom is 0.267 e. The topological polar surface area (TPSA) is 97.1 Å². The summed E-state index contributed by atoms with van der Waals surface area (Å²) in [6.07, 6.45) is 1.46. The van der Waals surface area contributed by atoms with Crippen LogP contribution in [-0.2, 0) is 10.0 Å². The van der Waals surface area contributed by atoms with Gasteiger partial charge < -0.3 is 9.84 Å². The van der Waals surface area contributed by atoms with E-state index in [1.54, 1.807) is 26.0 Å². The molecule has 2 aromatic rings. The molecule has 0 aliphatic carbocycles. The summed E-state index contributed by atoms with van der Waals surface area (Å²) in [6.45, 7) is 7.13. The molecule has 0 aliphatic heterocycles. The monoisotopic (exact) mass is 310 g/mol. The summed E-state index contributed by atoms with van der Waals surface area (Å²) >= 11 is 0. The molecular formula is C13H18N4O3S. The van der Waals surface area contributed by atoms with E-state index >= 15 is 0 Å². The largest absolute Gasteiger partial charge is 0.368 e. The number of hydrogen-bond donors (Lipinski definition) is 2. The summed E-state index contributed by atoms with van der Waals surface area (Å²) in [5.74, 6) is 0.941. The Bertz CT molecular complexity index is 701. The number of rotatable bonds is 5. The van der Waals surface area contributed by atoms with Crippen LogP contribution < -0.4 is 10.0 Å². The second-order valence-electron chi connectivity index (χ2n) is 4.99. The fraction of sp³-hybridized carbons (Fsp3) is 0.385. The van der Waals surface area contributed by atoms with Crippen molar-refractivity contribution >= 4 is 21.5 Å². The van der Waals surface area contributed by atoms with E-state index in [2.05, 4.69) is 20.2 Å². The lowest BCUT2D eigenvalue weighted by Gasteiger charge is -2.10. The molecule has 21 heavy (non-hydrogen) atoms. The summed E-state index contributed by atoms with van der Waals surface area (Å²) in [7, 11) is -3.73. The highest BCUT2D eigenvalue weighted by atomic mass is 32.2. The molecule has 2 N–H and O–H groups in total. The minimum absolute atomic E-state index is 0.0619. The van der Waals surface area contributed by atoms with Gasteiger partial charge in [-0.3, -0.25) is 4.72 Å². The van der Waals surface area contributed by atoms with Crippen LogP contribution in [0.3, 0.4) is 0 Å². The SMILES string of the molecule is Cc1noc(C)c1S(=O)(=O)Nc1ccc(NC(C)C)nc1. The molecule has 0 aromatic carbocycles. The molecular weight excluding hydrogens is 292 g/mol. The molecule has 114 valence electrons. The van der Waals surface area contributed by atoms with Gasteiger partial charge in [-0.2, -0.15) is 0 Å². The van der Waals surface area contributed by atoms with Gasteiger partial charge in [0.15, 0.2) is 10.7 Å². The Morgan fingerprint density at radius 1 is 1.24 bits per heavy atom. The predicted molar refractivity (Wildman–Crippen MR) is 79.8 cm³/mol. The van der Waals surface area contributed by atoms with Crippen LogP contribution in [0.25, 0.3) is 0 Å². The quantitative estimate of drug-likeness (QED) is 0.879. The van der Waals surface area contributed by atoms with Crippen LogP contribution in [0, 0.1) is 13.8 Å². The highest BCUT2D eigenvalue weighted by molar-refractivity contribution is 7.92. The van der Waals surface area contributed by atoms with Crippen molar-refractivity contribution in [1.29, 1.82) is 0 Å². The van der Waals surface area contributed by atoms with E-state index in [1.807, 2.05) is 13.8 Å². The van der Waals surface area contributed by atoms with E-state index in [9.17, 15) is 8.42 Å². The summed E-state index contributed by atoms with van der Waals surface area (Å²) < 4.78 is 32.0. The zero-order valence-corrected chi connectivity index (χ0v) is 13.2. The van der Waals surface area contributed by atoms with Crippen molar-refractivity contribution in [2.24, 2.45) is 0 Å². The molecule has 0 radical (unpaired) electrons. The fourth-order valence-corrected chi connectivity index (χ4v) is 3.27. The molecule has 0 spiro atoms. The van der Waals surface area contributed by atoms with Gasteiger partial charge in [0.1, 0.15) is 11.5 Å². The molecule has 0 bridgehead atoms. The van der Waals surface area contributed by atoms with Crippen LogP contribution in [0.1, 0.15) is 25.3 Å². The van der Waals surface area contributed by atoms with Gasteiger partial charge >= 0.3 is 0 Å². The first-order chi connectivity index (χ1) is 9.79. The van der Waals surface area contributed by atoms with Gasteiger partial charge in [-0.15, -0.1) is 0 Å². The number of pyridine rings is 1. The van der Waals surface area contributed by atoms with E-state index in [0.717, 1.165) is 0 Å². The summed E-state index contributed by atoms with van der Waals surface area (Å²) in [5.41, 5.74) is 0.704. The first-order valence-electron chi connectivity index (χ1n) is 6.48. The molecule has 0 atom stereocenters. The van der Waals surface area contributed by atoms with Crippen LogP contribution in [0.2, 0.25) is 0 Å². The second-order valence-corrected chi connectivity index (χ2v) is 6.61. The Morgan fingerprint density at radius 3 is 2.43 bits per heavy atom. The third kappa shape index (κ3) is 3.52. The molecule has 0 fully saturated rings. The van der Waals surface area contributed by atoms with E-state index in [1.165, 1.54) is 6.20 Å². The Labute approximate surface area is 123 Å². The zero-order chi connectivity index (χ0) is 15.6. The number of aryl methyl sites for hydroxylation is 2. The van der Waals surface area contributed by atoms with Gasteiger partial charge in [0.25, 0.3) is 10.0 Å². The van der Waals surface area contributed by atoms with Gasteiger partial charge in [0, 0.05) is 6.04 Å². The first kappa shape index (κ1) is 15.3. The van der Waals surface area contributed by atoms with Crippen molar-refractivity contribution in [3.05, 3.63) is 29.8 Å². The Balaban J connectivity index is 2.21. The fourth-order valence-electron chi connectivity index (χ4n) is 1.90. The van der Waals surface area contributed by atoms with Crippen LogP contribution in [0.15, 0.2) is 27.7 Å². The van der Waals surface area contributed by atoms with Crippen LogP contribution in [0.5, 0.6) is 0 Å². The number of sulfonamides is 1. The number of hydrogen-bond acceptors (Lipinski definition) is 6. The maximum atomic E-state index is 12.3. The number of nitrogens with one attached hydrogen (secondary N) is 2. The molecule has 0 saturated carbocycles. The molecule has 0 unspecified atom stereocenters. The minimum atomic E-state index is -3.73. The van der Waals surface area contributed by atoms with E-state index in [0.29, 0.717) is 17.2 Å². The van der Waals surface area contributed by atoms with Crippen molar-refractivity contribution in [3.63, 3.8) is 0 Å². The van der Waals surface area contributed by atoms with Crippen LogP contribution in [0.4, 0.5) is 11.5 Å². The zero-order valence-electron chi connectivity index (χ0n) is 12.3. The lowest BCUT2D eigenvalue weighted by molar-refractivity contribution is 0.390. The molecule has 2 rings (SSSR count). The first-order valence-corrected chi connectivity index (χ1v) is 7.96. The van der Waals surface area contributed by atoms with Crippen molar-refractivity contribution in [2.45, 2.75) is 38.6 Å². The number of nitrogens with zero attached hydrogens (tertiary/aromatic N) is 2. The third-order valence-corrected chi connectivity index (χ3v) is 4.31. The highest BCUT2D eigenvalue weighted by Gasteiger charge is 2.24. The average molecular weight is 310 g/mol. The van der Waals surface area contributed by atoms with Crippen LogP contribution in [-0.4, -0.2) is 24.6 Å². The molecule has 0 aliphatic rings. The van der Waals surface area contributed by atoms with Crippen molar-refractivity contribution in [1.82, 2.24) is 10.1 Å². The number of anilines is 2. The molecule has 2 aromatic heterocycles.